The monoisotopic (exact) mass is 367 g/mol. The highest BCUT2D eigenvalue weighted by molar-refractivity contribution is 6.02. The van der Waals surface area contributed by atoms with Crippen LogP contribution in [0.4, 0.5) is 5.69 Å². The van der Waals surface area contributed by atoms with Crippen LogP contribution in [0.5, 0.6) is 5.75 Å². The van der Waals surface area contributed by atoms with E-state index < -0.39 is 6.04 Å². The second-order valence-corrected chi connectivity index (χ2v) is 6.64. The number of carbonyl (C=O) groups excluding carboxylic acids is 1. The van der Waals surface area contributed by atoms with Gasteiger partial charge in [0.2, 0.25) is 0 Å². The topological polar surface area (TPSA) is 38.3 Å². The number of hydrogen-bond donors (Lipinski definition) is 1. The van der Waals surface area contributed by atoms with Gasteiger partial charge in [-0.15, -0.1) is 0 Å². The van der Waals surface area contributed by atoms with Gasteiger partial charge in [0.25, 0.3) is 0 Å². The number of carbonyl (C=O) groups is 1. The van der Waals surface area contributed by atoms with E-state index >= 15 is 0 Å². The predicted molar refractivity (Wildman–Crippen MR) is 114 cm³/mol. The molecule has 0 aromatic heterocycles. The summed E-state index contributed by atoms with van der Waals surface area (Å²) in [7, 11) is 1.64. The Bertz CT molecular complexity index is 1090. The molecule has 0 radical (unpaired) electrons. The van der Waals surface area contributed by atoms with Crippen molar-refractivity contribution in [3.63, 3.8) is 0 Å². The van der Waals surface area contributed by atoms with Gasteiger partial charge in [0, 0.05) is 11.3 Å². The van der Waals surface area contributed by atoms with Crippen LogP contribution in [0.2, 0.25) is 0 Å². The number of anilines is 1. The summed E-state index contributed by atoms with van der Waals surface area (Å²) in [5, 5.41) is 5.67. The molecule has 1 atom stereocenters. The highest BCUT2D eigenvalue weighted by Gasteiger charge is 2.22. The number of rotatable bonds is 6. The highest BCUT2D eigenvalue weighted by atomic mass is 16.5. The molecule has 1 unspecified atom stereocenters. The first-order chi connectivity index (χ1) is 13.7. The number of hydrogen-bond acceptors (Lipinski definition) is 3. The summed E-state index contributed by atoms with van der Waals surface area (Å²) in [6.45, 7) is 0. The lowest BCUT2D eigenvalue weighted by Crippen LogP contribution is -2.21. The maximum absolute atomic E-state index is 13.3. The van der Waals surface area contributed by atoms with Gasteiger partial charge in [-0.3, -0.25) is 4.79 Å². The normalized spacial score (nSPS) is 11.8. The van der Waals surface area contributed by atoms with Crippen molar-refractivity contribution in [1.82, 2.24) is 0 Å². The van der Waals surface area contributed by atoms with Gasteiger partial charge in [-0.05, 0) is 46.7 Å². The fourth-order valence-corrected chi connectivity index (χ4v) is 3.31. The van der Waals surface area contributed by atoms with Gasteiger partial charge in [-0.2, -0.15) is 0 Å². The number of benzene rings is 4. The van der Waals surface area contributed by atoms with Crippen LogP contribution in [-0.4, -0.2) is 12.9 Å². The Morgan fingerprint density at radius 1 is 0.786 bits per heavy atom. The van der Waals surface area contributed by atoms with E-state index in [-0.39, 0.29) is 5.78 Å². The van der Waals surface area contributed by atoms with Crippen molar-refractivity contribution in [3.05, 3.63) is 108 Å². The minimum atomic E-state index is -0.486. The fraction of sp³-hybridized carbons (Fsp3) is 0.0800. The van der Waals surface area contributed by atoms with Crippen LogP contribution < -0.4 is 10.1 Å². The van der Waals surface area contributed by atoms with Crippen molar-refractivity contribution >= 4 is 22.2 Å². The average Bonchev–Trinajstić information content (AvgIpc) is 2.77. The van der Waals surface area contributed by atoms with Crippen molar-refractivity contribution in [1.29, 1.82) is 0 Å². The van der Waals surface area contributed by atoms with Crippen molar-refractivity contribution in [3.8, 4) is 5.75 Å². The number of Topliss-reactive ketones (excluding diaryl/α,β-unsaturated/α-hetero) is 1. The maximum Gasteiger partial charge on any atom is 0.189 e. The Balaban J connectivity index is 1.74. The van der Waals surface area contributed by atoms with Gasteiger partial charge >= 0.3 is 0 Å². The van der Waals surface area contributed by atoms with E-state index in [1.165, 1.54) is 0 Å². The first-order valence-electron chi connectivity index (χ1n) is 9.23. The number of fused-ring (bicyclic) bond motifs is 1. The first kappa shape index (κ1) is 17.8. The van der Waals surface area contributed by atoms with Crippen LogP contribution in [0.3, 0.4) is 0 Å². The Morgan fingerprint density at radius 2 is 1.46 bits per heavy atom. The molecule has 0 saturated carbocycles. The van der Waals surface area contributed by atoms with Crippen LogP contribution in [0, 0.1) is 0 Å². The summed E-state index contributed by atoms with van der Waals surface area (Å²) in [4.78, 5) is 13.3. The second kappa shape index (κ2) is 7.97. The maximum atomic E-state index is 13.3. The quantitative estimate of drug-likeness (QED) is 0.432. The van der Waals surface area contributed by atoms with Crippen LogP contribution in [0.15, 0.2) is 97.1 Å². The summed E-state index contributed by atoms with van der Waals surface area (Å²) in [6.07, 6.45) is 0. The van der Waals surface area contributed by atoms with Crippen LogP contribution >= 0.6 is 0 Å². The van der Waals surface area contributed by atoms with Gasteiger partial charge in [-0.1, -0.05) is 66.7 Å². The SMILES string of the molecule is COc1ccc(NC(C(=O)c2ccccc2)c2ccc3ccccc3c2)cc1. The molecule has 4 aromatic rings. The molecule has 0 aliphatic rings. The largest absolute Gasteiger partial charge is 0.497 e. The van der Waals surface area contributed by atoms with Crippen molar-refractivity contribution in [2.45, 2.75) is 6.04 Å². The van der Waals surface area contributed by atoms with E-state index in [9.17, 15) is 4.79 Å². The zero-order valence-electron chi connectivity index (χ0n) is 15.6. The fourth-order valence-electron chi connectivity index (χ4n) is 3.31. The minimum Gasteiger partial charge on any atom is -0.497 e. The number of ketones is 1. The number of nitrogens with one attached hydrogen (secondary N) is 1. The minimum absolute atomic E-state index is 0.0340. The molecular weight excluding hydrogens is 346 g/mol. The van der Waals surface area contributed by atoms with Crippen LogP contribution in [0.25, 0.3) is 10.8 Å². The summed E-state index contributed by atoms with van der Waals surface area (Å²) < 4.78 is 5.23. The number of methoxy groups -OCH3 is 1. The van der Waals surface area contributed by atoms with Crippen molar-refractivity contribution in [2.24, 2.45) is 0 Å². The lowest BCUT2D eigenvalue weighted by molar-refractivity contribution is 0.0969. The van der Waals surface area contributed by atoms with Gasteiger partial charge in [0.1, 0.15) is 11.8 Å². The molecular formula is C25H21NO2. The zero-order chi connectivity index (χ0) is 19.3. The van der Waals surface area contributed by atoms with E-state index in [4.69, 9.17) is 4.74 Å². The third kappa shape index (κ3) is 3.74. The Kier molecular flexibility index (Phi) is 5.07. The molecule has 0 heterocycles. The molecule has 0 bridgehead atoms. The third-order valence-electron chi connectivity index (χ3n) is 4.83. The highest BCUT2D eigenvalue weighted by Crippen LogP contribution is 2.27. The van der Waals surface area contributed by atoms with Crippen LogP contribution in [0.1, 0.15) is 22.0 Å². The summed E-state index contributed by atoms with van der Waals surface area (Å²) in [5.74, 6) is 0.814. The van der Waals surface area contributed by atoms with E-state index in [2.05, 4.69) is 29.6 Å². The molecule has 138 valence electrons. The Morgan fingerprint density at radius 3 is 2.18 bits per heavy atom. The average molecular weight is 367 g/mol. The summed E-state index contributed by atoms with van der Waals surface area (Å²) >= 11 is 0. The standard InChI is InChI=1S/C25H21NO2/c1-28-23-15-13-22(14-16-23)26-24(25(27)19-8-3-2-4-9-19)21-12-11-18-7-5-6-10-20(18)17-21/h2-17,24,26H,1H3. The Labute approximate surface area is 164 Å². The molecule has 0 saturated heterocycles. The van der Waals surface area contributed by atoms with E-state index in [1.54, 1.807) is 7.11 Å². The first-order valence-corrected chi connectivity index (χ1v) is 9.23. The van der Waals surface area contributed by atoms with E-state index in [0.29, 0.717) is 5.56 Å². The zero-order valence-corrected chi connectivity index (χ0v) is 15.6. The molecule has 1 N–H and O–H groups in total. The van der Waals surface area contributed by atoms with Crippen molar-refractivity contribution < 1.29 is 9.53 Å². The number of ether oxygens (including phenoxy) is 1. The molecule has 28 heavy (non-hydrogen) atoms. The van der Waals surface area contributed by atoms with Gasteiger partial charge in [0.05, 0.1) is 7.11 Å². The Hall–Kier alpha value is -3.59. The van der Waals surface area contributed by atoms with Gasteiger partial charge in [0.15, 0.2) is 5.78 Å². The van der Waals surface area contributed by atoms with Gasteiger partial charge in [-0.25, -0.2) is 0 Å². The van der Waals surface area contributed by atoms with Crippen molar-refractivity contribution in [2.75, 3.05) is 12.4 Å². The lowest BCUT2D eigenvalue weighted by Gasteiger charge is -2.20. The van der Waals surface area contributed by atoms with Crippen LogP contribution in [-0.2, 0) is 0 Å². The molecule has 3 nitrogen and oxygen atoms in total. The lowest BCUT2D eigenvalue weighted by atomic mass is 9.95. The van der Waals surface area contributed by atoms with Gasteiger partial charge < -0.3 is 10.1 Å². The van der Waals surface area contributed by atoms with E-state index in [0.717, 1.165) is 27.8 Å². The molecule has 0 fully saturated rings. The molecule has 3 heteroatoms. The van der Waals surface area contributed by atoms with E-state index in [1.807, 2.05) is 72.8 Å². The smallest absolute Gasteiger partial charge is 0.189 e. The summed E-state index contributed by atoms with van der Waals surface area (Å²) in [6, 6.07) is 30.8. The molecule has 4 rings (SSSR count). The molecule has 0 aliphatic carbocycles. The second-order valence-electron chi connectivity index (χ2n) is 6.64. The molecule has 0 aliphatic heterocycles. The molecule has 4 aromatic carbocycles. The summed E-state index contributed by atoms with van der Waals surface area (Å²) in [5.41, 5.74) is 2.48. The molecule has 0 spiro atoms. The third-order valence-corrected chi connectivity index (χ3v) is 4.83. The predicted octanol–water partition coefficient (Wildman–Crippen LogP) is 5.88. The molecule has 0 amide bonds.